The molecule has 3 rings (SSSR count). The summed E-state index contributed by atoms with van der Waals surface area (Å²) in [6.45, 7) is 4.10. The molecule has 0 radical (unpaired) electrons. The third-order valence-electron chi connectivity index (χ3n) is 4.60. The van der Waals surface area contributed by atoms with Crippen LogP contribution in [0.4, 0.5) is 0 Å². The molecule has 6 nitrogen and oxygen atoms in total. The van der Waals surface area contributed by atoms with Gasteiger partial charge in [0.2, 0.25) is 0 Å². The van der Waals surface area contributed by atoms with Crippen molar-refractivity contribution in [1.82, 2.24) is 19.8 Å². The van der Waals surface area contributed by atoms with Crippen LogP contribution in [-0.4, -0.2) is 56.8 Å². The highest BCUT2D eigenvalue weighted by Gasteiger charge is 2.39. The highest BCUT2D eigenvalue weighted by Crippen LogP contribution is 2.28. The van der Waals surface area contributed by atoms with Crippen molar-refractivity contribution >= 4 is 17.4 Å². The van der Waals surface area contributed by atoms with Crippen molar-refractivity contribution < 1.29 is 9.90 Å². The van der Waals surface area contributed by atoms with E-state index in [0.29, 0.717) is 11.3 Å². The van der Waals surface area contributed by atoms with Crippen LogP contribution in [0.3, 0.4) is 0 Å². The van der Waals surface area contributed by atoms with E-state index in [4.69, 9.17) is 0 Å². The Balaban J connectivity index is 1.62. The molecule has 1 amide bonds. The molecule has 116 valence electrons. The zero-order valence-electron chi connectivity index (χ0n) is 12.3. The molecule has 1 saturated carbocycles. The minimum atomic E-state index is -0.474. The first-order chi connectivity index (χ1) is 10.2. The second kappa shape index (κ2) is 6.37. The maximum Gasteiger partial charge on any atom is 0.265 e. The summed E-state index contributed by atoms with van der Waals surface area (Å²) in [4.78, 5) is 15.3. The highest BCUT2D eigenvalue weighted by atomic mass is 32.1. The van der Waals surface area contributed by atoms with Crippen LogP contribution in [0.1, 0.15) is 48.0 Å². The summed E-state index contributed by atoms with van der Waals surface area (Å²) >= 11 is 1.13. The molecule has 2 heterocycles. The number of likely N-dealkylation sites (tertiary alicyclic amines) is 1. The van der Waals surface area contributed by atoms with Gasteiger partial charge in [0.25, 0.3) is 5.91 Å². The van der Waals surface area contributed by atoms with Gasteiger partial charge in [0, 0.05) is 6.04 Å². The topological polar surface area (TPSA) is 78.4 Å². The average molecular weight is 310 g/mol. The lowest BCUT2D eigenvalue weighted by molar-refractivity contribution is 0.0620. The third kappa shape index (κ3) is 2.95. The number of rotatable bonds is 4. The van der Waals surface area contributed by atoms with Gasteiger partial charge >= 0.3 is 0 Å². The van der Waals surface area contributed by atoms with Crippen LogP contribution >= 0.6 is 11.5 Å². The van der Waals surface area contributed by atoms with Crippen molar-refractivity contribution in [3.05, 3.63) is 10.6 Å². The molecule has 2 aliphatic rings. The molecule has 1 aliphatic carbocycles. The first kappa shape index (κ1) is 14.9. The summed E-state index contributed by atoms with van der Waals surface area (Å²) in [6.07, 6.45) is 4.44. The fraction of sp³-hybridized carbons (Fsp3) is 0.786. The van der Waals surface area contributed by atoms with Crippen LogP contribution in [0.5, 0.6) is 0 Å². The lowest BCUT2D eigenvalue weighted by atomic mass is 10.1. The Morgan fingerprint density at radius 1 is 1.43 bits per heavy atom. The number of aromatic nitrogens is 2. The van der Waals surface area contributed by atoms with E-state index in [2.05, 4.69) is 19.8 Å². The van der Waals surface area contributed by atoms with Gasteiger partial charge in [0.1, 0.15) is 4.88 Å². The van der Waals surface area contributed by atoms with Gasteiger partial charge in [0.05, 0.1) is 17.8 Å². The number of hydrogen-bond donors (Lipinski definition) is 2. The molecule has 1 aromatic rings. The Labute approximate surface area is 128 Å². The molecular weight excluding hydrogens is 288 g/mol. The van der Waals surface area contributed by atoms with Crippen LogP contribution in [-0.2, 0) is 6.42 Å². The van der Waals surface area contributed by atoms with Gasteiger partial charge in [-0.05, 0) is 56.7 Å². The Morgan fingerprint density at radius 2 is 2.19 bits per heavy atom. The fourth-order valence-electron chi connectivity index (χ4n) is 3.44. The van der Waals surface area contributed by atoms with E-state index in [1.54, 1.807) is 0 Å². The van der Waals surface area contributed by atoms with Crippen molar-refractivity contribution in [2.24, 2.45) is 0 Å². The average Bonchev–Trinajstić information content (AvgIpc) is 3.19. The van der Waals surface area contributed by atoms with E-state index in [1.165, 1.54) is 12.8 Å². The van der Waals surface area contributed by atoms with Gasteiger partial charge in [-0.1, -0.05) is 11.4 Å². The number of carbonyl (C=O) groups is 1. The Bertz CT molecular complexity index is 501. The zero-order chi connectivity index (χ0) is 14.8. The minimum absolute atomic E-state index is 0.145. The Hall–Kier alpha value is -1.05. The third-order valence-corrected chi connectivity index (χ3v) is 5.37. The monoisotopic (exact) mass is 310 g/mol. The summed E-state index contributed by atoms with van der Waals surface area (Å²) in [5.74, 6) is -0.145. The van der Waals surface area contributed by atoms with Crippen LogP contribution in [0.2, 0.25) is 0 Å². The predicted molar refractivity (Wildman–Crippen MR) is 80.4 cm³/mol. The first-order valence-corrected chi connectivity index (χ1v) is 8.52. The molecule has 3 atom stereocenters. The molecule has 0 bridgehead atoms. The lowest BCUT2D eigenvalue weighted by Crippen LogP contribution is -2.47. The molecule has 2 N–H and O–H groups in total. The molecule has 1 saturated heterocycles. The summed E-state index contributed by atoms with van der Waals surface area (Å²) in [6, 6.07) is 0.0398. The van der Waals surface area contributed by atoms with Crippen molar-refractivity contribution in [3.8, 4) is 0 Å². The minimum Gasteiger partial charge on any atom is -0.389 e. The Kier molecular flexibility index (Phi) is 4.51. The van der Waals surface area contributed by atoms with Crippen LogP contribution < -0.4 is 5.32 Å². The van der Waals surface area contributed by atoms with Gasteiger partial charge in [-0.3, -0.25) is 9.69 Å². The van der Waals surface area contributed by atoms with Crippen LogP contribution in [0, 0.1) is 0 Å². The van der Waals surface area contributed by atoms with Crippen molar-refractivity contribution in [2.75, 3.05) is 13.1 Å². The molecule has 0 spiro atoms. The van der Waals surface area contributed by atoms with Gasteiger partial charge in [-0.2, -0.15) is 0 Å². The van der Waals surface area contributed by atoms with E-state index < -0.39 is 6.10 Å². The lowest BCUT2D eigenvalue weighted by Gasteiger charge is -2.28. The first-order valence-electron chi connectivity index (χ1n) is 7.75. The molecule has 1 aromatic heterocycles. The maximum atomic E-state index is 12.3. The number of hydrogen-bond acceptors (Lipinski definition) is 6. The molecule has 0 unspecified atom stereocenters. The van der Waals surface area contributed by atoms with Gasteiger partial charge in [0.15, 0.2) is 0 Å². The van der Waals surface area contributed by atoms with Crippen molar-refractivity contribution in [3.63, 3.8) is 0 Å². The number of carbonyl (C=O) groups excluding carboxylic acids is 1. The van der Waals surface area contributed by atoms with Crippen molar-refractivity contribution in [2.45, 2.75) is 57.2 Å². The molecule has 21 heavy (non-hydrogen) atoms. The SMILES string of the molecule is CCc1nnsc1C(=O)N[C@@H]1CC[C@@H](N2CCCC2)[C@@H]1O. The van der Waals surface area contributed by atoms with Gasteiger partial charge in [-0.25, -0.2) is 0 Å². The zero-order valence-corrected chi connectivity index (χ0v) is 13.1. The van der Waals surface area contributed by atoms with E-state index in [1.807, 2.05) is 6.92 Å². The van der Waals surface area contributed by atoms with Crippen LogP contribution in [0.25, 0.3) is 0 Å². The largest absolute Gasteiger partial charge is 0.389 e. The number of nitrogens with one attached hydrogen (secondary N) is 1. The quantitative estimate of drug-likeness (QED) is 0.861. The van der Waals surface area contributed by atoms with Gasteiger partial charge < -0.3 is 10.4 Å². The number of nitrogens with zero attached hydrogens (tertiary/aromatic N) is 3. The smallest absolute Gasteiger partial charge is 0.265 e. The Morgan fingerprint density at radius 3 is 2.90 bits per heavy atom. The normalized spacial score (nSPS) is 29.9. The summed E-state index contributed by atoms with van der Waals surface area (Å²) < 4.78 is 3.85. The summed E-state index contributed by atoms with van der Waals surface area (Å²) in [7, 11) is 0. The fourth-order valence-corrected chi connectivity index (χ4v) is 4.09. The predicted octanol–water partition coefficient (Wildman–Crippen LogP) is 0.818. The van der Waals surface area contributed by atoms with E-state index >= 15 is 0 Å². The number of aliphatic hydroxyl groups is 1. The molecule has 0 aromatic carbocycles. The van der Waals surface area contributed by atoms with Crippen LogP contribution in [0.15, 0.2) is 0 Å². The van der Waals surface area contributed by atoms with E-state index in [-0.39, 0.29) is 18.0 Å². The highest BCUT2D eigenvalue weighted by molar-refractivity contribution is 7.08. The second-order valence-corrected chi connectivity index (χ2v) is 6.61. The second-order valence-electron chi connectivity index (χ2n) is 5.86. The number of amides is 1. The van der Waals surface area contributed by atoms with E-state index in [9.17, 15) is 9.90 Å². The molecule has 7 heteroatoms. The number of aryl methyl sites for hydroxylation is 1. The number of aliphatic hydroxyl groups excluding tert-OH is 1. The standard InChI is InChI=1S/C14H22N4O2S/c1-2-9-13(21-17-16-9)14(20)15-10-5-6-11(12(10)19)18-7-3-4-8-18/h10-12,19H,2-8H2,1H3,(H,15,20)/t10-,11-,12-/m1/s1. The molecular formula is C14H22N4O2S. The maximum absolute atomic E-state index is 12.3. The molecule has 2 fully saturated rings. The van der Waals surface area contributed by atoms with Crippen molar-refractivity contribution in [1.29, 1.82) is 0 Å². The summed E-state index contributed by atoms with van der Waals surface area (Å²) in [5.41, 5.74) is 0.737. The van der Waals surface area contributed by atoms with Gasteiger partial charge in [-0.15, -0.1) is 5.10 Å². The summed E-state index contributed by atoms with van der Waals surface area (Å²) in [5, 5.41) is 17.4. The van der Waals surface area contributed by atoms with E-state index in [0.717, 1.165) is 43.2 Å². The molecule has 1 aliphatic heterocycles.